The fourth-order valence-corrected chi connectivity index (χ4v) is 5.85. The van der Waals surface area contributed by atoms with Crippen molar-refractivity contribution in [2.24, 2.45) is 0 Å². The van der Waals surface area contributed by atoms with Gasteiger partial charge in [-0.15, -0.1) is 0 Å². The SMILES string of the molecule is O=C(CNc1ncnc2cc(Cl)c(Cl)cc12)N1CC[C@@H](NC2CCS(=O)(=O)C2)C1. The number of hydrogen-bond donors (Lipinski definition) is 2. The van der Waals surface area contributed by atoms with Crippen molar-refractivity contribution in [2.75, 3.05) is 36.5 Å². The Morgan fingerprint density at radius 2 is 1.97 bits per heavy atom. The number of amides is 1. The van der Waals surface area contributed by atoms with Crippen LogP contribution in [0.5, 0.6) is 0 Å². The minimum Gasteiger partial charge on any atom is -0.360 e. The van der Waals surface area contributed by atoms with Crippen molar-refractivity contribution in [1.29, 1.82) is 0 Å². The number of carbonyl (C=O) groups is 1. The second-order valence-corrected chi connectivity index (χ2v) is 10.5. The number of sulfone groups is 1. The number of halogens is 2. The number of rotatable bonds is 5. The first-order valence-electron chi connectivity index (χ1n) is 9.38. The van der Waals surface area contributed by atoms with Gasteiger partial charge >= 0.3 is 0 Å². The fourth-order valence-electron chi connectivity index (χ4n) is 3.85. The van der Waals surface area contributed by atoms with Crippen LogP contribution in [-0.2, 0) is 14.6 Å². The van der Waals surface area contributed by atoms with Crippen LogP contribution in [0, 0.1) is 0 Å². The number of benzene rings is 1. The summed E-state index contributed by atoms with van der Waals surface area (Å²) in [6.45, 7) is 1.31. The first-order chi connectivity index (χ1) is 13.8. The molecule has 11 heteroatoms. The third-order valence-corrected chi connectivity index (χ3v) is 7.82. The molecular formula is C18H21Cl2N5O3S. The van der Waals surface area contributed by atoms with E-state index in [1.165, 1.54) is 6.33 Å². The average molecular weight is 458 g/mol. The molecule has 0 bridgehead atoms. The number of hydrogen-bond acceptors (Lipinski definition) is 7. The van der Waals surface area contributed by atoms with Crippen molar-refractivity contribution in [3.05, 3.63) is 28.5 Å². The van der Waals surface area contributed by atoms with Gasteiger partial charge in [0.2, 0.25) is 5.91 Å². The Morgan fingerprint density at radius 1 is 1.17 bits per heavy atom. The summed E-state index contributed by atoms with van der Waals surface area (Å²) < 4.78 is 23.2. The third-order valence-electron chi connectivity index (χ3n) is 5.33. The summed E-state index contributed by atoms with van der Waals surface area (Å²) in [7, 11) is -2.91. The summed E-state index contributed by atoms with van der Waals surface area (Å²) in [5.41, 5.74) is 0.640. The zero-order chi connectivity index (χ0) is 20.6. The van der Waals surface area contributed by atoms with E-state index in [9.17, 15) is 13.2 Å². The molecule has 2 aromatic rings. The van der Waals surface area contributed by atoms with E-state index >= 15 is 0 Å². The predicted octanol–water partition coefficient (Wildman–Crippen LogP) is 1.73. The zero-order valence-corrected chi connectivity index (χ0v) is 17.9. The molecule has 2 fully saturated rings. The van der Waals surface area contributed by atoms with Gasteiger partial charge in [-0.1, -0.05) is 23.2 Å². The van der Waals surface area contributed by atoms with Crippen molar-refractivity contribution in [3.8, 4) is 0 Å². The number of carbonyl (C=O) groups excluding carboxylic acids is 1. The van der Waals surface area contributed by atoms with Gasteiger partial charge in [0.15, 0.2) is 9.84 Å². The Balaban J connectivity index is 1.34. The van der Waals surface area contributed by atoms with Gasteiger partial charge in [0.05, 0.1) is 33.6 Å². The summed E-state index contributed by atoms with van der Waals surface area (Å²) in [4.78, 5) is 22.8. The molecule has 4 rings (SSSR count). The quantitative estimate of drug-likeness (QED) is 0.703. The second-order valence-electron chi connectivity index (χ2n) is 7.45. The van der Waals surface area contributed by atoms with Crippen LogP contribution in [0.15, 0.2) is 18.5 Å². The van der Waals surface area contributed by atoms with Crippen molar-refractivity contribution in [1.82, 2.24) is 20.2 Å². The molecule has 1 amide bonds. The lowest BCUT2D eigenvalue weighted by molar-refractivity contribution is -0.128. The maximum atomic E-state index is 12.6. The number of fused-ring (bicyclic) bond motifs is 1. The number of nitrogens with zero attached hydrogens (tertiary/aromatic N) is 3. The molecule has 29 heavy (non-hydrogen) atoms. The highest BCUT2D eigenvalue weighted by Crippen LogP contribution is 2.29. The lowest BCUT2D eigenvalue weighted by Crippen LogP contribution is -2.42. The van der Waals surface area contributed by atoms with Crippen LogP contribution in [0.4, 0.5) is 5.82 Å². The minimum absolute atomic E-state index is 0.0119. The Hall–Kier alpha value is -1.68. The molecule has 2 N–H and O–H groups in total. The van der Waals surface area contributed by atoms with Gasteiger partial charge in [0.25, 0.3) is 0 Å². The largest absolute Gasteiger partial charge is 0.360 e. The molecule has 1 aromatic heterocycles. The van der Waals surface area contributed by atoms with Crippen molar-refractivity contribution < 1.29 is 13.2 Å². The van der Waals surface area contributed by atoms with E-state index in [-0.39, 0.29) is 36.0 Å². The third kappa shape index (κ3) is 4.74. The van der Waals surface area contributed by atoms with Crippen LogP contribution in [0.3, 0.4) is 0 Å². The van der Waals surface area contributed by atoms with E-state index in [0.29, 0.717) is 46.3 Å². The number of likely N-dealkylation sites (tertiary alicyclic amines) is 1. The Morgan fingerprint density at radius 3 is 2.72 bits per heavy atom. The van der Waals surface area contributed by atoms with E-state index in [1.807, 2.05) is 0 Å². The van der Waals surface area contributed by atoms with E-state index in [2.05, 4.69) is 20.6 Å². The second kappa shape index (κ2) is 8.22. The normalized spacial score (nSPS) is 23.6. The molecule has 0 saturated carbocycles. The van der Waals surface area contributed by atoms with E-state index in [1.54, 1.807) is 17.0 Å². The maximum Gasteiger partial charge on any atom is 0.241 e. The van der Waals surface area contributed by atoms with Gasteiger partial charge in [0, 0.05) is 30.6 Å². The first kappa shape index (κ1) is 20.6. The summed E-state index contributed by atoms with van der Waals surface area (Å²) >= 11 is 12.1. The van der Waals surface area contributed by atoms with Gasteiger partial charge < -0.3 is 15.5 Å². The van der Waals surface area contributed by atoms with Gasteiger partial charge in [-0.3, -0.25) is 4.79 Å². The molecule has 2 aliphatic rings. The zero-order valence-electron chi connectivity index (χ0n) is 15.6. The Kier molecular flexibility index (Phi) is 5.83. The van der Waals surface area contributed by atoms with E-state index in [4.69, 9.17) is 23.2 Å². The molecule has 0 aliphatic carbocycles. The minimum atomic E-state index is -2.91. The first-order valence-corrected chi connectivity index (χ1v) is 12.0. The number of anilines is 1. The van der Waals surface area contributed by atoms with E-state index < -0.39 is 9.84 Å². The van der Waals surface area contributed by atoms with Crippen LogP contribution in [-0.4, -0.2) is 72.4 Å². The topological polar surface area (TPSA) is 104 Å². The monoisotopic (exact) mass is 457 g/mol. The van der Waals surface area contributed by atoms with Gasteiger partial charge in [-0.25, -0.2) is 18.4 Å². The summed E-state index contributed by atoms with van der Waals surface area (Å²) in [6, 6.07) is 3.45. The van der Waals surface area contributed by atoms with Crippen LogP contribution in [0.25, 0.3) is 10.9 Å². The van der Waals surface area contributed by atoms with Gasteiger partial charge in [-0.2, -0.15) is 0 Å². The molecule has 2 saturated heterocycles. The van der Waals surface area contributed by atoms with Crippen LogP contribution < -0.4 is 10.6 Å². The molecule has 156 valence electrons. The molecular weight excluding hydrogens is 437 g/mol. The van der Waals surface area contributed by atoms with E-state index in [0.717, 1.165) is 6.42 Å². The standard InChI is InChI=1S/C18H21Cl2N5O3S/c19-14-5-13-16(6-15(14)20)22-10-23-18(13)21-7-17(26)25-3-1-11(8-25)24-12-2-4-29(27,28)9-12/h5-6,10-12,24H,1-4,7-9H2,(H,21,22,23)/t11-,12?/m1/s1. The van der Waals surface area contributed by atoms with Crippen LogP contribution in [0.1, 0.15) is 12.8 Å². The molecule has 3 heterocycles. The average Bonchev–Trinajstić information content (AvgIpc) is 3.27. The number of aromatic nitrogens is 2. The molecule has 1 aromatic carbocycles. The van der Waals surface area contributed by atoms with Crippen LogP contribution in [0.2, 0.25) is 10.0 Å². The Bertz CT molecular complexity index is 1050. The molecule has 8 nitrogen and oxygen atoms in total. The molecule has 0 spiro atoms. The van der Waals surface area contributed by atoms with Gasteiger partial charge in [-0.05, 0) is 25.0 Å². The smallest absolute Gasteiger partial charge is 0.241 e. The highest BCUT2D eigenvalue weighted by molar-refractivity contribution is 7.91. The molecule has 1 unspecified atom stereocenters. The lowest BCUT2D eigenvalue weighted by atomic mass is 10.2. The fraction of sp³-hybridized carbons (Fsp3) is 0.500. The summed E-state index contributed by atoms with van der Waals surface area (Å²) in [5, 5.41) is 7.95. The van der Waals surface area contributed by atoms with Crippen molar-refractivity contribution in [2.45, 2.75) is 24.9 Å². The number of nitrogens with one attached hydrogen (secondary N) is 2. The maximum absolute atomic E-state index is 12.6. The molecule has 0 radical (unpaired) electrons. The highest BCUT2D eigenvalue weighted by atomic mass is 35.5. The van der Waals surface area contributed by atoms with Crippen LogP contribution >= 0.6 is 23.2 Å². The summed E-state index contributed by atoms with van der Waals surface area (Å²) in [6.07, 6.45) is 2.86. The lowest BCUT2D eigenvalue weighted by Gasteiger charge is -2.20. The van der Waals surface area contributed by atoms with Crippen molar-refractivity contribution >= 4 is 55.7 Å². The van der Waals surface area contributed by atoms with Gasteiger partial charge in [0.1, 0.15) is 12.1 Å². The predicted molar refractivity (Wildman–Crippen MR) is 113 cm³/mol. The Labute approximate surface area is 178 Å². The molecule has 2 aliphatic heterocycles. The summed E-state index contributed by atoms with van der Waals surface area (Å²) in [5.74, 6) is 0.908. The van der Waals surface area contributed by atoms with Crippen molar-refractivity contribution in [3.63, 3.8) is 0 Å². The highest BCUT2D eigenvalue weighted by Gasteiger charge is 2.32. The molecule has 2 atom stereocenters.